The normalized spacial score (nSPS) is 12.0. The Bertz CT molecular complexity index is 755. The molecule has 0 aliphatic heterocycles. The lowest BCUT2D eigenvalue weighted by atomic mass is 9.86. The van der Waals surface area contributed by atoms with Crippen LogP contribution < -0.4 is 0 Å². The zero-order valence-electron chi connectivity index (χ0n) is 13.2. The van der Waals surface area contributed by atoms with Gasteiger partial charge in [-0.2, -0.15) is 0 Å². The minimum atomic E-state index is 0.206. The van der Waals surface area contributed by atoms with Gasteiger partial charge in [-0.05, 0) is 58.3 Å². The maximum Gasteiger partial charge on any atom is 0.0345 e. The van der Waals surface area contributed by atoms with Crippen molar-refractivity contribution in [2.24, 2.45) is 0 Å². The molecular formula is C20H22S. The SMILES string of the molecule is Cc1ccc(Cc2csc3ccc(C(C)(C)C)cc23)cc1. The van der Waals surface area contributed by atoms with Crippen LogP contribution in [0.25, 0.3) is 10.1 Å². The smallest absolute Gasteiger partial charge is 0.0345 e. The number of benzene rings is 2. The number of hydrogen-bond donors (Lipinski definition) is 0. The van der Waals surface area contributed by atoms with Crippen molar-refractivity contribution in [2.75, 3.05) is 0 Å². The highest BCUT2D eigenvalue weighted by atomic mass is 32.1. The monoisotopic (exact) mass is 294 g/mol. The van der Waals surface area contributed by atoms with Crippen molar-refractivity contribution in [1.29, 1.82) is 0 Å². The first-order valence-corrected chi connectivity index (χ1v) is 8.37. The van der Waals surface area contributed by atoms with Gasteiger partial charge in [-0.25, -0.2) is 0 Å². The van der Waals surface area contributed by atoms with E-state index in [1.807, 2.05) is 11.3 Å². The second-order valence-electron chi connectivity index (χ2n) is 6.88. The zero-order chi connectivity index (χ0) is 15.0. The number of hydrogen-bond acceptors (Lipinski definition) is 1. The van der Waals surface area contributed by atoms with Gasteiger partial charge in [0.05, 0.1) is 0 Å². The summed E-state index contributed by atoms with van der Waals surface area (Å²) in [6, 6.07) is 15.8. The molecule has 0 bridgehead atoms. The van der Waals surface area contributed by atoms with E-state index in [9.17, 15) is 0 Å². The van der Waals surface area contributed by atoms with E-state index in [2.05, 4.69) is 75.5 Å². The van der Waals surface area contributed by atoms with E-state index in [1.54, 1.807) is 0 Å². The lowest BCUT2D eigenvalue weighted by molar-refractivity contribution is 0.591. The second-order valence-corrected chi connectivity index (χ2v) is 7.80. The van der Waals surface area contributed by atoms with E-state index in [0.29, 0.717) is 0 Å². The predicted molar refractivity (Wildman–Crippen MR) is 94.5 cm³/mol. The lowest BCUT2D eigenvalue weighted by Crippen LogP contribution is -2.10. The highest BCUT2D eigenvalue weighted by molar-refractivity contribution is 7.17. The fourth-order valence-corrected chi connectivity index (χ4v) is 3.55. The minimum Gasteiger partial charge on any atom is -0.144 e. The Labute approximate surface area is 131 Å². The minimum absolute atomic E-state index is 0.206. The molecular weight excluding hydrogens is 272 g/mol. The highest BCUT2D eigenvalue weighted by Gasteiger charge is 2.15. The Kier molecular flexibility index (Phi) is 3.62. The maximum atomic E-state index is 2.38. The predicted octanol–water partition coefficient (Wildman–Crippen LogP) is 6.10. The van der Waals surface area contributed by atoms with Gasteiger partial charge in [0.2, 0.25) is 0 Å². The average molecular weight is 294 g/mol. The van der Waals surface area contributed by atoms with Crippen LogP contribution in [0.3, 0.4) is 0 Å². The van der Waals surface area contributed by atoms with Crippen LogP contribution in [0.15, 0.2) is 47.8 Å². The van der Waals surface area contributed by atoms with Crippen LogP contribution in [-0.4, -0.2) is 0 Å². The molecule has 0 N–H and O–H groups in total. The third-order valence-corrected chi connectivity index (χ3v) is 5.05. The standard InChI is InChI=1S/C20H22S/c1-14-5-7-15(8-6-14)11-16-13-21-19-10-9-17(12-18(16)19)20(2,3)4/h5-10,12-13H,11H2,1-4H3. The Hall–Kier alpha value is -1.60. The molecule has 2 aromatic carbocycles. The van der Waals surface area contributed by atoms with Gasteiger partial charge in [0.15, 0.2) is 0 Å². The summed E-state index contributed by atoms with van der Waals surface area (Å²) < 4.78 is 1.39. The summed E-state index contributed by atoms with van der Waals surface area (Å²) >= 11 is 1.86. The Balaban J connectivity index is 2.00. The molecule has 1 aromatic heterocycles. The maximum absolute atomic E-state index is 2.38. The molecule has 0 saturated carbocycles. The molecule has 3 aromatic rings. The molecule has 108 valence electrons. The Morgan fingerprint density at radius 2 is 1.67 bits per heavy atom. The molecule has 0 aliphatic carbocycles. The van der Waals surface area contributed by atoms with E-state index in [-0.39, 0.29) is 5.41 Å². The van der Waals surface area contributed by atoms with Crippen molar-refractivity contribution in [3.63, 3.8) is 0 Å². The second kappa shape index (κ2) is 5.31. The molecule has 0 atom stereocenters. The average Bonchev–Trinajstić information content (AvgIpc) is 2.83. The van der Waals surface area contributed by atoms with Gasteiger partial charge in [0.25, 0.3) is 0 Å². The van der Waals surface area contributed by atoms with Crippen molar-refractivity contribution < 1.29 is 0 Å². The largest absolute Gasteiger partial charge is 0.144 e. The summed E-state index contributed by atoms with van der Waals surface area (Å²) in [4.78, 5) is 0. The summed E-state index contributed by atoms with van der Waals surface area (Å²) in [5.41, 5.74) is 5.78. The van der Waals surface area contributed by atoms with Crippen LogP contribution in [0, 0.1) is 6.92 Å². The van der Waals surface area contributed by atoms with E-state index in [0.717, 1.165) is 6.42 Å². The quantitative estimate of drug-likeness (QED) is 0.536. The highest BCUT2D eigenvalue weighted by Crippen LogP contribution is 2.32. The fourth-order valence-electron chi connectivity index (χ4n) is 2.61. The van der Waals surface area contributed by atoms with Gasteiger partial charge in [-0.1, -0.05) is 56.7 Å². The van der Waals surface area contributed by atoms with Crippen LogP contribution in [-0.2, 0) is 11.8 Å². The topological polar surface area (TPSA) is 0 Å². The molecule has 0 aliphatic rings. The van der Waals surface area contributed by atoms with Crippen molar-refractivity contribution in [2.45, 2.75) is 39.5 Å². The van der Waals surface area contributed by atoms with Crippen molar-refractivity contribution in [1.82, 2.24) is 0 Å². The number of fused-ring (bicyclic) bond motifs is 1. The van der Waals surface area contributed by atoms with Crippen LogP contribution in [0.5, 0.6) is 0 Å². The van der Waals surface area contributed by atoms with Gasteiger partial charge < -0.3 is 0 Å². The van der Waals surface area contributed by atoms with Gasteiger partial charge in [0, 0.05) is 4.70 Å². The van der Waals surface area contributed by atoms with Crippen LogP contribution in [0.2, 0.25) is 0 Å². The Morgan fingerprint density at radius 3 is 2.33 bits per heavy atom. The summed E-state index contributed by atoms with van der Waals surface area (Å²) in [6.07, 6.45) is 1.02. The molecule has 1 heterocycles. The summed E-state index contributed by atoms with van der Waals surface area (Å²) in [7, 11) is 0. The molecule has 0 saturated heterocycles. The Morgan fingerprint density at radius 1 is 0.952 bits per heavy atom. The van der Waals surface area contributed by atoms with E-state index in [4.69, 9.17) is 0 Å². The third kappa shape index (κ3) is 3.03. The molecule has 0 fully saturated rings. The van der Waals surface area contributed by atoms with Crippen molar-refractivity contribution in [3.8, 4) is 0 Å². The van der Waals surface area contributed by atoms with Crippen LogP contribution >= 0.6 is 11.3 Å². The molecule has 21 heavy (non-hydrogen) atoms. The first kappa shape index (κ1) is 14.3. The summed E-state index contributed by atoms with van der Waals surface area (Å²) in [5.74, 6) is 0. The molecule has 0 spiro atoms. The van der Waals surface area contributed by atoms with Gasteiger partial charge in [-0.3, -0.25) is 0 Å². The summed E-state index contributed by atoms with van der Waals surface area (Å²) in [6.45, 7) is 8.97. The van der Waals surface area contributed by atoms with E-state index >= 15 is 0 Å². The first-order chi connectivity index (χ1) is 9.93. The van der Waals surface area contributed by atoms with Gasteiger partial charge in [0.1, 0.15) is 0 Å². The number of rotatable bonds is 2. The first-order valence-electron chi connectivity index (χ1n) is 7.50. The molecule has 0 amide bonds. The fraction of sp³-hybridized carbons (Fsp3) is 0.300. The third-order valence-electron chi connectivity index (χ3n) is 4.03. The lowest BCUT2D eigenvalue weighted by Gasteiger charge is -2.19. The van der Waals surface area contributed by atoms with E-state index in [1.165, 1.54) is 32.3 Å². The zero-order valence-corrected chi connectivity index (χ0v) is 14.1. The molecule has 0 radical (unpaired) electrons. The number of aryl methyl sites for hydroxylation is 1. The van der Waals surface area contributed by atoms with Crippen molar-refractivity contribution >= 4 is 21.4 Å². The molecule has 1 heteroatoms. The van der Waals surface area contributed by atoms with Gasteiger partial charge >= 0.3 is 0 Å². The van der Waals surface area contributed by atoms with E-state index < -0.39 is 0 Å². The van der Waals surface area contributed by atoms with Crippen molar-refractivity contribution in [3.05, 3.63) is 70.1 Å². The molecule has 0 nitrogen and oxygen atoms in total. The summed E-state index contributed by atoms with van der Waals surface area (Å²) in [5, 5.41) is 3.74. The molecule has 3 rings (SSSR count). The van der Waals surface area contributed by atoms with Gasteiger partial charge in [-0.15, -0.1) is 11.3 Å². The molecule has 0 unspecified atom stereocenters. The van der Waals surface area contributed by atoms with Crippen LogP contribution in [0.1, 0.15) is 43.0 Å². The van der Waals surface area contributed by atoms with Crippen LogP contribution in [0.4, 0.5) is 0 Å². The number of thiophene rings is 1.